The third-order valence-corrected chi connectivity index (χ3v) is 6.89. The second kappa shape index (κ2) is 5.91. The molecular weight excluding hydrogens is 302 g/mol. The van der Waals surface area contributed by atoms with E-state index >= 15 is 0 Å². The molecule has 3 aliphatic heterocycles. The number of nitrogens with zero attached hydrogens (tertiary/aromatic N) is 2. The number of hydrogen-bond acceptors (Lipinski definition) is 5. The lowest BCUT2D eigenvalue weighted by atomic mass is 10.1. The van der Waals surface area contributed by atoms with Crippen molar-refractivity contribution < 1.29 is 4.79 Å². The van der Waals surface area contributed by atoms with Gasteiger partial charge in [-0.1, -0.05) is 0 Å². The van der Waals surface area contributed by atoms with Crippen LogP contribution in [0.5, 0.6) is 0 Å². The maximum Gasteiger partial charge on any atom is 0.264 e. The number of nitrogens with one attached hydrogen (secondary N) is 1. The SMILES string of the molecule is O=C(c1cc2c(s1)CCSC2)N1CC(N2CCNCC2)C1. The molecule has 0 aliphatic carbocycles. The molecule has 0 atom stereocenters. The van der Waals surface area contributed by atoms with Gasteiger partial charge in [-0.2, -0.15) is 11.8 Å². The number of hydrogen-bond donors (Lipinski definition) is 1. The Bertz CT molecular complexity index is 510. The summed E-state index contributed by atoms with van der Waals surface area (Å²) in [5.74, 6) is 2.55. The number of likely N-dealkylation sites (tertiary alicyclic amines) is 1. The standard InChI is InChI=1S/C15H21N3OS2/c19-15(14-7-11-10-20-6-1-13(11)21-14)18-8-12(9-18)17-4-2-16-3-5-17/h7,12,16H,1-6,8-10H2. The smallest absolute Gasteiger partial charge is 0.264 e. The largest absolute Gasteiger partial charge is 0.335 e. The van der Waals surface area contributed by atoms with Crippen LogP contribution in [0, 0.1) is 0 Å². The molecule has 4 nitrogen and oxygen atoms in total. The minimum absolute atomic E-state index is 0.255. The van der Waals surface area contributed by atoms with E-state index < -0.39 is 0 Å². The number of aryl methyl sites for hydroxylation is 1. The lowest BCUT2D eigenvalue weighted by Gasteiger charge is -2.46. The van der Waals surface area contributed by atoms with Crippen LogP contribution in [0.15, 0.2) is 6.07 Å². The number of carbonyl (C=O) groups is 1. The second-order valence-corrected chi connectivity index (χ2v) is 8.25. The summed E-state index contributed by atoms with van der Waals surface area (Å²) >= 11 is 3.71. The Hall–Kier alpha value is -0.560. The number of amides is 1. The van der Waals surface area contributed by atoms with Crippen molar-refractivity contribution in [2.24, 2.45) is 0 Å². The van der Waals surface area contributed by atoms with Gasteiger partial charge >= 0.3 is 0 Å². The third kappa shape index (κ3) is 2.74. The van der Waals surface area contributed by atoms with E-state index in [1.54, 1.807) is 11.3 Å². The monoisotopic (exact) mass is 323 g/mol. The zero-order valence-electron chi connectivity index (χ0n) is 12.1. The quantitative estimate of drug-likeness (QED) is 0.889. The van der Waals surface area contributed by atoms with Crippen molar-refractivity contribution in [3.8, 4) is 0 Å². The lowest BCUT2D eigenvalue weighted by Crippen LogP contribution is -2.63. The van der Waals surface area contributed by atoms with Gasteiger partial charge in [0.15, 0.2) is 0 Å². The van der Waals surface area contributed by atoms with E-state index in [0.717, 1.165) is 56.3 Å². The Morgan fingerprint density at radius 2 is 2.10 bits per heavy atom. The molecule has 4 heterocycles. The Balaban J connectivity index is 1.37. The molecule has 4 rings (SSSR count). The first-order chi connectivity index (χ1) is 10.3. The van der Waals surface area contributed by atoms with Crippen LogP contribution in [-0.4, -0.2) is 66.8 Å². The number of piperazine rings is 1. The molecule has 6 heteroatoms. The van der Waals surface area contributed by atoms with Gasteiger partial charge in [-0.3, -0.25) is 9.69 Å². The van der Waals surface area contributed by atoms with Crippen LogP contribution in [-0.2, 0) is 12.2 Å². The predicted molar refractivity (Wildman–Crippen MR) is 88.3 cm³/mol. The van der Waals surface area contributed by atoms with Gasteiger partial charge in [0.05, 0.1) is 4.88 Å². The summed E-state index contributed by atoms with van der Waals surface area (Å²) in [4.78, 5) is 19.5. The molecule has 0 spiro atoms. The number of carbonyl (C=O) groups excluding carboxylic acids is 1. The minimum atomic E-state index is 0.255. The second-order valence-electron chi connectivity index (χ2n) is 6.01. The van der Waals surface area contributed by atoms with Gasteiger partial charge < -0.3 is 10.2 Å². The fourth-order valence-corrected chi connectivity index (χ4v) is 5.65. The van der Waals surface area contributed by atoms with E-state index in [-0.39, 0.29) is 5.91 Å². The fourth-order valence-electron chi connectivity index (χ4n) is 3.31. The highest BCUT2D eigenvalue weighted by atomic mass is 32.2. The van der Waals surface area contributed by atoms with Crippen LogP contribution in [0.3, 0.4) is 0 Å². The molecule has 1 aromatic rings. The van der Waals surface area contributed by atoms with Crippen molar-refractivity contribution in [3.63, 3.8) is 0 Å². The highest BCUT2D eigenvalue weighted by Gasteiger charge is 2.36. The highest BCUT2D eigenvalue weighted by molar-refractivity contribution is 7.98. The van der Waals surface area contributed by atoms with Crippen molar-refractivity contribution in [2.75, 3.05) is 45.0 Å². The van der Waals surface area contributed by atoms with E-state index in [4.69, 9.17) is 0 Å². The first-order valence-electron chi connectivity index (χ1n) is 7.74. The van der Waals surface area contributed by atoms with Crippen LogP contribution in [0.25, 0.3) is 0 Å². The minimum Gasteiger partial charge on any atom is -0.335 e. The summed E-state index contributed by atoms with van der Waals surface area (Å²) in [6.45, 7) is 6.24. The topological polar surface area (TPSA) is 35.6 Å². The molecule has 0 unspecified atom stereocenters. The van der Waals surface area contributed by atoms with Crippen LogP contribution in [0.1, 0.15) is 20.1 Å². The van der Waals surface area contributed by atoms with Crippen molar-refractivity contribution >= 4 is 29.0 Å². The molecular formula is C15H21N3OS2. The Labute approximate surface area is 133 Å². The van der Waals surface area contributed by atoms with Gasteiger partial charge in [0.1, 0.15) is 0 Å². The molecule has 2 saturated heterocycles. The first-order valence-corrected chi connectivity index (χ1v) is 9.72. The molecule has 114 valence electrons. The van der Waals surface area contributed by atoms with Crippen molar-refractivity contribution in [2.45, 2.75) is 18.2 Å². The number of rotatable bonds is 2. The Morgan fingerprint density at radius 1 is 1.29 bits per heavy atom. The van der Waals surface area contributed by atoms with Gasteiger partial charge in [0.2, 0.25) is 0 Å². The van der Waals surface area contributed by atoms with E-state index in [1.165, 1.54) is 16.2 Å². The summed E-state index contributed by atoms with van der Waals surface area (Å²) in [6.07, 6.45) is 1.14. The highest BCUT2D eigenvalue weighted by Crippen LogP contribution is 2.33. The molecule has 1 aromatic heterocycles. The predicted octanol–water partition coefficient (Wildman–Crippen LogP) is 1.27. The maximum atomic E-state index is 12.6. The van der Waals surface area contributed by atoms with E-state index in [0.29, 0.717) is 6.04 Å². The molecule has 1 N–H and O–H groups in total. The molecule has 3 aliphatic rings. The number of thiophene rings is 1. The van der Waals surface area contributed by atoms with Gasteiger partial charge in [-0.15, -0.1) is 11.3 Å². The average molecular weight is 323 g/mol. The summed E-state index contributed by atoms with van der Waals surface area (Å²) in [6, 6.07) is 2.73. The summed E-state index contributed by atoms with van der Waals surface area (Å²) in [5, 5.41) is 3.38. The zero-order valence-corrected chi connectivity index (χ0v) is 13.8. The molecule has 2 fully saturated rings. The average Bonchev–Trinajstić information content (AvgIpc) is 2.90. The van der Waals surface area contributed by atoms with Crippen molar-refractivity contribution in [3.05, 3.63) is 21.4 Å². The third-order valence-electron chi connectivity index (χ3n) is 4.66. The molecule has 21 heavy (non-hydrogen) atoms. The molecule has 0 saturated carbocycles. The van der Waals surface area contributed by atoms with Gasteiger partial charge in [-0.05, 0) is 23.8 Å². The van der Waals surface area contributed by atoms with Crippen molar-refractivity contribution in [1.29, 1.82) is 0 Å². The van der Waals surface area contributed by atoms with Crippen LogP contribution in [0.4, 0.5) is 0 Å². The Kier molecular flexibility index (Phi) is 3.96. The summed E-state index contributed by atoms with van der Waals surface area (Å²) in [7, 11) is 0. The number of fused-ring (bicyclic) bond motifs is 1. The summed E-state index contributed by atoms with van der Waals surface area (Å²) in [5.41, 5.74) is 1.40. The van der Waals surface area contributed by atoms with Gasteiger partial charge in [-0.25, -0.2) is 0 Å². The van der Waals surface area contributed by atoms with Gasteiger partial charge in [0, 0.05) is 55.9 Å². The van der Waals surface area contributed by atoms with Crippen LogP contribution in [0.2, 0.25) is 0 Å². The van der Waals surface area contributed by atoms with E-state index in [2.05, 4.69) is 16.3 Å². The van der Waals surface area contributed by atoms with E-state index in [9.17, 15) is 4.79 Å². The fraction of sp³-hybridized carbons (Fsp3) is 0.667. The molecule has 1 amide bonds. The maximum absolute atomic E-state index is 12.6. The lowest BCUT2D eigenvalue weighted by molar-refractivity contribution is 0.0231. The van der Waals surface area contributed by atoms with E-state index in [1.807, 2.05) is 16.7 Å². The molecule has 0 aromatic carbocycles. The zero-order chi connectivity index (χ0) is 14.2. The Morgan fingerprint density at radius 3 is 2.86 bits per heavy atom. The molecule has 0 radical (unpaired) electrons. The number of thioether (sulfide) groups is 1. The van der Waals surface area contributed by atoms with Crippen molar-refractivity contribution in [1.82, 2.24) is 15.1 Å². The first kappa shape index (κ1) is 14.1. The van der Waals surface area contributed by atoms with Gasteiger partial charge in [0.25, 0.3) is 5.91 Å². The normalized spacial score (nSPS) is 23.7. The molecule has 0 bridgehead atoms. The summed E-state index contributed by atoms with van der Waals surface area (Å²) < 4.78 is 0. The van der Waals surface area contributed by atoms with Crippen LogP contribution >= 0.6 is 23.1 Å². The van der Waals surface area contributed by atoms with Crippen LogP contribution < -0.4 is 5.32 Å².